The van der Waals surface area contributed by atoms with Gasteiger partial charge in [0.1, 0.15) is 0 Å². The molecule has 1 rings (SSSR count). The molecule has 0 unspecified atom stereocenters. The fraction of sp³-hybridized carbons (Fsp3) is 0.455. The summed E-state index contributed by atoms with van der Waals surface area (Å²) in [5.41, 5.74) is 1.36. The summed E-state index contributed by atoms with van der Waals surface area (Å²) in [7, 11) is 0. The largest absolute Gasteiger partial charge is 0.311 e. The second-order valence-corrected chi connectivity index (χ2v) is 5.46. The van der Waals surface area contributed by atoms with Crippen molar-refractivity contribution in [1.29, 1.82) is 0 Å². The van der Waals surface area contributed by atoms with Crippen molar-refractivity contribution in [2.75, 3.05) is 6.54 Å². The van der Waals surface area contributed by atoms with E-state index in [-0.39, 0.29) is 0 Å². The third-order valence-electron chi connectivity index (χ3n) is 1.81. The first-order chi connectivity index (χ1) is 6.59. The first kappa shape index (κ1) is 12.0. The SMILES string of the molecule is C/C(=C\c1sccc1Br)CNC(C)C. The van der Waals surface area contributed by atoms with Gasteiger partial charge in [-0.3, -0.25) is 0 Å². The van der Waals surface area contributed by atoms with Gasteiger partial charge >= 0.3 is 0 Å². The summed E-state index contributed by atoms with van der Waals surface area (Å²) in [6.45, 7) is 7.44. The van der Waals surface area contributed by atoms with Gasteiger partial charge in [-0.15, -0.1) is 11.3 Å². The lowest BCUT2D eigenvalue weighted by Crippen LogP contribution is -2.24. The fourth-order valence-electron chi connectivity index (χ4n) is 1.05. The number of hydrogen-bond donors (Lipinski definition) is 1. The highest BCUT2D eigenvalue weighted by Crippen LogP contribution is 2.24. The third kappa shape index (κ3) is 3.95. The maximum Gasteiger partial charge on any atom is 0.0412 e. The molecule has 1 N–H and O–H groups in total. The second kappa shape index (κ2) is 5.69. The molecule has 0 saturated carbocycles. The molecule has 14 heavy (non-hydrogen) atoms. The Bertz CT molecular complexity index is 315. The molecule has 0 aliphatic heterocycles. The third-order valence-corrected chi connectivity index (χ3v) is 3.63. The van der Waals surface area contributed by atoms with Crippen LogP contribution in [0.2, 0.25) is 0 Å². The number of rotatable bonds is 4. The maximum atomic E-state index is 3.52. The molecule has 0 saturated heterocycles. The zero-order valence-corrected chi connectivity index (χ0v) is 11.2. The van der Waals surface area contributed by atoms with E-state index in [0.29, 0.717) is 6.04 Å². The van der Waals surface area contributed by atoms with Gasteiger partial charge in [0, 0.05) is 21.9 Å². The normalized spacial score (nSPS) is 12.5. The van der Waals surface area contributed by atoms with Crippen molar-refractivity contribution in [1.82, 2.24) is 5.32 Å². The van der Waals surface area contributed by atoms with Crippen LogP contribution in [0.15, 0.2) is 21.5 Å². The van der Waals surface area contributed by atoms with Crippen molar-refractivity contribution >= 4 is 33.3 Å². The first-order valence-electron chi connectivity index (χ1n) is 4.73. The Hall–Kier alpha value is -0.120. The van der Waals surface area contributed by atoms with E-state index in [0.717, 1.165) is 6.54 Å². The molecule has 78 valence electrons. The molecular weight excluding hydrogens is 258 g/mol. The highest BCUT2D eigenvalue weighted by molar-refractivity contribution is 9.10. The lowest BCUT2D eigenvalue weighted by molar-refractivity contribution is 0.623. The van der Waals surface area contributed by atoms with Crippen LogP contribution in [-0.4, -0.2) is 12.6 Å². The Balaban J connectivity index is 2.56. The lowest BCUT2D eigenvalue weighted by Gasteiger charge is -2.07. The van der Waals surface area contributed by atoms with E-state index in [1.807, 2.05) is 0 Å². The van der Waals surface area contributed by atoms with Crippen LogP contribution in [0.25, 0.3) is 6.08 Å². The van der Waals surface area contributed by atoms with Crippen molar-refractivity contribution in [2.45, 2.75) is 26.8 Å². The molecule has 0 aliphatic carbocycles. The second-order valence-electron chi connectivity index (χ2n) is 3.66. The van der Waals surface area contributed by atoms with Gasteiger partial charge in [-0.1, -0.05) is 19.4 Å². The topological polar surface area (TPSA) is 12.0 Å². The summed E-state index contributed by atoms with van der Waals surface area (Å²) in [6, 6.07) is 2.63. The van der Waals surface area contributed by atoms with E-state index in [9.17, 15) is 0 Å². The molecular formula is C11H16BrNS. The van der Waals surface area contributed by atoms with Crippen molar-refractivity contribution in [3.63, 3.8) is 0 Å². The maximum absolute atomic E-state index is 3.52. The van der Waals surface area contributed by atoms with Crippen LogP contribution in [0.3, 0.4) is 0 Å². The number of thiophene rings is 1. The molecule has 3 heteroatoms. The average molecular weight is 274 g/mol. The van der Waals surface area contributed by atoms with E-state index in [4.69, 9.17) is 0 Å². The summed E-state index contributed by atoms with van der Waals surface area (Å²) in [5.74, 6) is 0. The van der Waals surface area contributed by atoms with Crippen LogP contribution in [0.1, 0.15) is 25.6 Å². The predicted octanol–water partition coefficient (Wildman–Crippen LogP) is 3.91. The zero-order chi connectivity index (χ0) is 10.6. The predicted molar refractivity (Wildman–Crippen MR) is 68.8 cm³/mol. The van der Waals surface area contributed by atoms with Crippen molar-refractivity contribution < 1.29 is 0 Å². The number of halogens is 1. The van der Waals surface area contributed by atoms with E-state index in [2.05, 4.69) is 59.5 Å². The standard InChI is InChI=1S/C11H16BrNS/c1-8(2)13-7-9(3)6-11-10(12)4-5-14-11/h4-6,8,13H,7H2,1-3H3/b9-6+. The fourth-order valence-corrected chi connectivity index (χ4v) is 2.55. The van der Waals surface area contributed by atoms with Gasteiger partial charge in [-0.2, -0.15) is 0 Å². The molecule has 0 fully saturated rings. The van der Waals surface area contributed by atoms with Gasteiger partial charge in [0.05, 0.1) is 0 Å². The van der Waals surface area contributed by atoms with Crippen LogP contribution in [-0.2, 0) is 0 Å². The van der Waals surface area contributed by atoms with E-state index in [1.54, 1.807) is 11.3 Å². The molecule has 1 aromatic rings. The lowest BCUT2D eigenvalue weighted by atomic mass is 10.2. The Morgan fingerprint density at radius 2 is 2.36 bits per heavy atom. The minimum atomic E-state index is 0.546. The van der Waals surface area contributed by atoms with Gasteiger partial charge < -0.3 is 5.32 Å². The van der Waals surface area contributed by atoms with Gasteiger partial charge in [-0.25, -0.2) is 0 Å². The molecule has 0 amide bonds. The molecule has 0 aromatic carbocycles. The van der Waals surface area contributed by atoms with Gasteiger partial charge in [0.15, 0.2) is 0 Å². The Morgan fingerprint density at radius 1 is 1.64 bits per heavy atom. The van der Waals surface area contributed by atoms with Gasteiger partial charge in [0.2, 0.25) is 0 Å². The molecule has 0 radical (unpaired) electrons. The number of nitrogens with one attached hydrogen (secondary N) is 1. The van der Waals surface area contributed by atoms with Crippen LogP contribution in [0, 0.1) is 0 Å². The minimum Gasteiger partial charge on any atom is -0.311 e. The molecule has 0 bridgehead atoms. The van der Waals surface area contributed by atoms with E-state index >= 15 is 0 Å². The van der Waals surface area contributed by atoms with E-state index in [1.165, 1.54) is 14.9 Å². The first-order valence-corrected chi connectivity index (χ1v) is 6.40. The van der Waals surface area contributed by atoms with Crippen molar-refractivity contribution in [2.24, 2.45) is 0 Å². The molecule has 0 spiro atoms. The summed E-state index contributed by atoms with van der Waals surface area (Å²) >= 11 is 5.28. The van der Waals surface area contributed by atoms with Crippen molar-refractivity contribution in [3.05, 3.63) is 26.4 Å². The van der Waals surface area contributed by atoms with Gasteiger partial charge in [-0.05, 0) is 40.4 Å². The van der Waals surface area contributed by atoms with Crippen LogP contribution >= 0.6 is 27.3 Å². The monoisotopic (exact) mass is 273 g/mol. The Labute approximate surface area is 98.4 Å². The van der Waals surface area contributed by atoms with Crippen molar-refractivity contribution in [3.8, 4) is 0 Å². The molecule has 1 heterocycles. The summed E-state index contributed by atoms with van der Waals surface area (Å²) in [4.78, 5) is 1.30. The smallest absolute Gasteiger partial charge is 0.0412 e. The summed E-state index contributed by atoms with van der Waals surface area (Å²) in [5, 5.41) is 5.49. The highest BCUT2D eigenvalue weighted by Gasteiger charge is 1.99. The molecule has 0 atom stereocenters. The minimum absolute atomic E-state index is 0.546. The molecule has 0 aliphatic rings. The van der Waals surface area contributed by atoms with Gasteiger partial charge in [0.25, 0.3) is 0 Å². The summed E-state index contributed by atoms with van der Waals surface area (Å²) < 4.78 is 1.19. The highest BCUT2D eigenvalue weighted by atomic mass is 79.9. The quantitative estimate of drug-likeness (QED) is 0.877. The van der Waals surface area contributed by atoms with Crippen LogP contribution in [0.4, 0.5) is 0 Å². The zero-order valence-electron chi connectivity index (χ0n) is 8.80. The number of hydrogen-bond acceptors (Lipinski definition) is 2. The van der Waals surface area contributed by atoms with Crippen LogP contribution < -0.4 is 5.32 Å². The Morgan fingerprint density at radius 3 is 2.86 bits per heavy atom. The molecule has 1 nitrogen and oxygen atoms in total. The Kier molecular flexibility index (Phi) is 4.85. The average Bonchev–Trinajstić information content (AvgIpc) is 2.49. The summed E-state index contributed by atoms with van der Waals surface area (Å²) in [6.07, 6.45) is 2.23. The van der Waals surface area contributed by atoms with E-state index < -0.39 is 0 Å². The molecule has 1 aromatic heterocycles. The van der Waals surface area contributed by atoms with Crippen LogP contribution in [0.5, 0.6) is 0 Å².